The second-order valence-corrected chi connectivity index (χ2v) is 7.12. The maximum atomic E-state index is 12.4. The van der Waals surface area contributed by atoms with Gasteiger partial charge in [-0.3, -0.25) is 9.59 Å². The highest BCUT2D eigenvalue weighted by molar-refractivity contribution is 5.94. The van der Waals surface area contributed by atoms with Crippen molar-refractivity contribution >= 4 is 11.8 Å². The first-order valence-corrected chi connectivity index (χ1v) is 9.46. The SMILES string of the molecule is COCC(=O)N1CCCC(COc2ccc(C(=O)N3CCCC3)cc2)C1. The van der Waals surface area contributed by atoms with Crippen molar-refractivity contribution in [3.63, 3.8) is 0 Å². The number of ether oxygens (including phenoxy) is 2. The van der Waals surface area contributed by atoms with Gasteiger partial charge in [0.15, 0.2) is 0 Å². The minimum absolute atomic E-state index is 0.0435. The quantitative estimate of drug-likeness (QED) is 0.780. The molecule has 0 N–H and O–H groups in total. The fraction of sp³-hybridized carbons (Fsp3) is 0.600. The Kier molecular flexibility index (Phi) is 6.50. The van der Waals surface area contributed by atoms with Crippen LogP contribution in [0, 0.1) is 5.92 Å². The van der Waals surface area contributed by atoms with Crippen LogP contribution in [0.25, 0.3) is 0 Å². The van der Waals surface area contributed by atoms with Crippen molar-refractivity contribution in [1.82, 2.24) is 9.80 Å². The van der Waals surface area contributed by atoms with Crippen molar-refractivity contribution in [3.8, 4) is 5.75 Å². The van der Waals surface area contributed by atoms with Crippen LogP contribution in [0.5, 0.6) is 5.75 Å². The van der Waals surface area contributed by atoms with E-state index in [1.54, 1.807) is 7.11 Å². The topological polar surface area (TPSA) is 59.1 Å². The Morgan fingerprint density at radius 3 is 2.42 bits per heavy atom. The van der Waals surface area contributed by atoms with Gasteiger partial charge in [-0.25, -0.2) is 0 Å². The van der Waals surface area contributed by atoms with Gasteiger partial charge in [0.05, 0.1) is 6.61 Å². The van der Waals surface area contributed by atoms with Crippen LogP contribution in [-0.2, 0) is 9.53 Å². The first-order valence-electron chi connectivity index (χ1n) is 9.46. The highest BCUT2D eigenvalue weighted by Gasteiger charge is 2.24. The molecule has 0 radical (unpaired) electrons. The van der Waals surface area contributed by atoms with Crippen LogP contribution < -0.4 is 4.74 Å². The molecule has 6 nitrogen and oxygen atoms in total. The Morgan fingerprint density at radius 1 is 1.04 bits per heavy atom. The number of amides is 2. The van der Waals surface area contributed by atoms with Crippen molar-refractivity contribution in [2.75, 3.05) is 46.5 Å². The normalized spacial score (nSPS) is 20.3. The number of methoxy groups -OCH3 is 1. The van der Waals surface area contributed by atoms with Crippen molar-refractivity contribution in [3.05, 3.63) is 29.8 Å². The lowest BCUT2D eigenvalue weighted by Gasteiger charge is -2.32. The van der Waals surface area contributed by atoms with Crippen molar-refractivity contribution in [2.45, 2.75) is 25.7 Å². The Hall–Kier alpha value is -2.08. The van der Waals surface area contributed by atoms with Crippen LogP contribution in [-0.4, -0.2) is 68.1 Å². The molecule has 26 heavy (non-hydrogen) atoms. The molecule has 1 atom stereocenters. The molecule has 2 heterocycles. The minimum Gasteiger partial charge on any atom is -0.493 e. The summed E-state index contributed by atoms with van der Waals surface area (Å²) >= 11 is 0. The highest BCUT2D eigenvalue weighted by Crippen LogP contribution is 2.20. The number of carbonyl (C=O) groups excluding carboxylic acids is 2. The average Bonchev–Trinajstić information content (AvgIpc) is 3.21. The number of carbonyl (C=O) groups is 2. The van der Waals surface area contributed by atoms with E-state index in [0.29, 0.717) is 24.6 Å². The number of nitrogens with zero attached hydrogens (tertiary/aromatic N) is 2. The molecule has 0 aromatic heterocycles. The largest absolute Gasteiger partial charge is 0.493 e. The van der Waals surface area contributed by atoms with Gasteiger partial charge in [0, 0.05) is 44.8 Å². The zero-order valence-corrected chi connectivity index (χ0v) is 15.5. The zero-order chi connectivity index (χ0) is 18.4. The van der Waals surface area contributed by atoms with Crippen molar-refractivity contribution < 1.29 is 19.1 Å². The molecule has 2 saturated heterocycles. The van der Waals surface area contributed by atoms with Gasteiger partial charge < -0.3 is 19.3 Å². The fourth-order valence-corrected chi connectivity index (χ4v) is 3.65. The summed E-state index contributed by atoms with van der Waals surface area (Å²) in [5.41, 5.74) is 0.716. The molecule has 1 aromatic rings. The third kappa shape index (κ3) is 4.75. The third-order valence-corrected chi connectivity index (χ3v) is 5.12. The minimum atomic E-state index is 0.0435. The summed E-state index contributed by atoms with van der Waals surface area (Å²) in [7, 11) is 1.54. The molecular weight excluding hydrogens is 332 g/mol. The van der Waals surface area contributed by atoms with E-state index >= 15 is 0 Å². The molecule has 0 aliphatic carbocycles. The Labute approximate surface area is 155 Å². The first-order chi connectivity index (χ1) is 12.7. The Morgan fingerprint density at radius 2 is 1.73 bits per heavy atom. The van der Waals surface area contributed by atoms with Crippen LogP contribution in [0.15, 0.2) is 24.3 Å². The van der Waals surface area contributed by atoms with Crippen molar-refractivity contribution in [1.29, 1.82) is 0 Å². The molecule has 2 aliphatic heterocycles. The summed E-state index contributed by atoms with van der Waals surface area (Å²) in [4.78, 5) is 28.1. The van der Waals surface area contributed by atoms with Crippen LogP contribution in [0.4, 0.5) is 0 Å². The van der Waals surface area contributed by atoms with Crippen LogP contribution in [0.1, 0.15) is 36.0 Å². The summed E-state index contributed by atoms with van der Waals surface area (Å²) < 4.78 is 10.8. The predicted octanol–water partition coefficient (Wildman–Crippen LogP) is 2.19. The van der Waals surface area contributed by atoms with E-state index in [2.05, 4.69) is 0 Å². The van der Waals surface area contributed by atoms with E-state index < -0.39 is 0 Å². The maximum Gasteiger partial charge on any atom is 0.253 e. The molecule has 0 saturated carbocycles. The monoisotopic (exact) mass is 360 g/mol. The molecular formula is C20H28N2O4. The number of likely N-dealkylation sites (tertiary alicyclic amines) is 2. The Bertz CT molecular complexity index is 611. The van der Waals surface area contributed by atoms with E-state index in [0.717, 1.165) is 51.1 Å². The number of hydrogen-bond donors (Lipinski definition) is 0. The molecule has 142 valence electrons. The second kappa shape index (κ2) is 9.03. The number of piperidine rings is 1. The Balaban J connectivity index is 1.48. The van der Waals surface area contributed by atoms with E-state index in [9.17, 15) is 9.59 Å². The number of rotatable bonds is 6. The van der Waals surface area contributed by atoms with Gasteiger partial charge in [0.2, 0.25) is 5.91 Å². The highest BCUT2D eigenvalue weighted by atomic mass is 16.5. The summed E-state index contributed by atoms with van der Waals surface area (Å²) in [5, 5.41) is 0. The van der Waals surface area contributed by atoms with Crippen LogP contribution in [0.2, 0.25) is 0 Å². The first kappa shape index (κ1) is 18.7. The lowest BCUT2D eigenvalue weighted by Crippen LogP contribution is -2.43. The molecule has 6 heteroatoms. The smallest absolute Gasteiger partial charge is 0.253 e. The summed E-state index contributed by atoms with van der Waals surface area (Å²) in [6.45, 7) is 3.95. The molecule has 2 amide bonds. The molecule has 2 fully saturated rings. The molecule has 0 spiro atoms. The van der Waals surface area contributed by atoms with Gasteiger partial charge >= 0.3 is 0 Å². The van der Waals surface area contributed by atoms with Gasteiger partial charge in [-0.1, -0.05) is 0 Å². The van der Waals surface area contributed by atoms with Gasteiger partial charge in [-0.2, -0.15) is 0 Å². The van der Waals surface area contributed by atoms with Gasteiger partial charge in [-0.15, -0.1) is 0 Å². The average molecular weight is 360 g/mol. The zero-order valence-electron chi connectivity index (χ0n) is 15.5. The van der Waals surface area contributed by atoms with Gasteiger partial charge in [0.25, 0.3) is 5.91 Å². The fourth-order valence-electron chi connectivity index (χ4n) is 3.65. The van der Waals surface area contributed by atoms with Crippen LogP contribution >= 0.6 is 0 Å². The van der Waals surface area contributed by atoms with E-state index in [1.165, 1.54) is 0 Å². The third-order valence-electron chi connectivity index (χ3n) is 5.12. The maximum absolute atomic E-state index is 12.4. The molecule has 1 unspecified atom stereocenters. The van der Waals surface area contributed by atoms with E-state index in [4.69, 9.17) is 9.47 Å². The number of benzene rings is 1. The van der Waals surface area contributed by atoms with Crippen LogP contribution in [0.3, 0.4) is 0 Å². The summed E-state index contributed by atoms with van der Waals surface area (Å²) in [5.74, 6) is 1.24. The molecule has 0 bridgehead atoms. The van der Waals surface area contributed by atoms with Gasteiger partial charge in [-0.05, 0) is 49.9 Å². The predicted molar refractivity (Wildman–Crippen MR) is 98.3 cm³/mol. The second-order valence-electron chi connectivity index (χ2n) is 7.12. The standard InChI is InChI=1S/C20H28N2O4/c1-25-15-19(23)22-12-4-5-16(13-22)14-26-18-8-6-17(7-9-18)20(24)21-10-2-3-11-21/h6-9,16H,2-5,10-15H2,1H3. The summed E-state index contributed by atoms with van der Waals surface area (Å²) in [6, 6.07) is 7.40. The lowest BCUT2D eigenvalue weighted by atomic mass is 9.99. The number of hydrogen-bond acceptors (Lipinski definition) is 4. The van der Waals surface area contributed by atoms with E-state index in [1.807, 2.05) is 34.1 Å². The van der Waals surface area contributed by atoms with E-state index in [-0.39, 0.29) is 18.4 Å². The lowest BCUT2D eigenvalue weighted by molar-refractivity contribution is -0.137. The van der Waals surface area contributed by atoms with Gasteiger partial charge in [0.1, 0.15) is 12.4 Å². The molecule has 1 aromatic carbocycles. The van der Waals surface area contributed by atoms with Crippen molar-refractivity contribution in [2.24, 2.45) is 5.92 Å². The summed E-state index contributed by atoms with van der Waals surface area (Å²) in [6.07, 6.45) is 4.24. The molecule has 2 aliphatic rings. The molecule has 3 rings (SSSR count).